The molecule has 0 radical (unpaired) electrons. The monoisotopic (exact) mass is 516 g/mol. The third kappa shape index (κ3) is 4.89. The predicted molar refractivity (Wildman–Crippen MR) is 117 cm³/mol. The Labute approximate surface area is 192 Å². The van der Waals surface area contributed by atoms with Crippen LogP contribution in [0.2, 0.25) is 0 Å². The standard InChI is InChI=1S/C19H18F2N4O5S3/c20-14-3-1-13(9-15(14)21)33(29,30)25-7-5-11(6-8-25)18(26)24-19-23-16-4-2-12(32(22,27)28)10-17(16)31-19/h1-4,9-11H,5-8H2,(H2,22,27,28)(H,23,24,26). The summed E-state index contributed by atoms with van der Waals surface area (Å²) in [7, 11) is -7.89. The van der Waals surface area contributed by atoms with Gasteiger partial charge in [-0.2, -0.15) is 4.31 Å². The molecule has 0 aliphatic carbocycles. The number of piperidine rings is 1. The lowest BCUT2D eigenvalue weighted by atomic mass is 9.97. The van der Waals surface area contributed by atoms with E-state index in [-0.39, 0.29) is 46.8 Å². The summed E-state index contributed by atoms with van der Waals surface area (Å²) in [4.78, 5) is 16.5. The average molecular weight is 517 g/mol. The average Bonchev–Trinajstić information content (AvgIpc) is 3.16. The highest BCUT2D eigenvalue weighted by molar-refractivity contribution is 7.89. The van der Waals surface area contributed by atoms with Crippen molar-refractivity contribution in [3.8, 4) is 0 Å². The molecule has 1 aliphatic heterocycles. The summed E-state index contributed by atoms with van der Waals surface area (Å²) in [5, 5.41) is 8.09. The zero-order valence-electron chi connectivity index (χ0n) is 16.9. The quantitative estimate of drug-likeness (QED) is 0.533. The van der Waals surface area contributed by atoms with Gasteiger partial charge in [0.1, 0.15) is 0 Å². The molecule has 3 N–H and O–H groups in total. The first kappa shape index (κ1) is 23.6. The first-order valence-corrected chi connectivity index (χ1v) is 13.4. The van der Waals surface area contributed by atoms with E-state index in [1.807, 2.05) is 0 Å². The number of aromatic nitrogens is 1. The molecule has 0 unspecified atom stereocenters. The van der Waals surface area contributed by atoms with E-state index in [0.717, 1.165) is 27.8 Å². The summed E-state index contributed by atoms with van der Waals surface area (Å²) in [6, 6.07) is 6.58. The highest BCUT2D eigenvalue weighted by Gasteiger charge is 2.33. The van der Waals surface area contributed by atoms with Gasteiger partial charge in [-0.1, -0.05) is 11.3 Å². The van der Waals surface area contributed by atoms with E-state index in [1.54, 1.807) is 0 Å². The molecule has 2 aromatic carbocycles. The van der Waals surface area contributed by atoms with Crippen molar-refractivity contribution >= 4 is 52.6 Å². The number of nitrogens with two attached hydrogens (primary N) is 1. The summed E-state index contributed by atoms with van der Waals surface area (Å²) < 4.78 is 76.6. The largest absolute Gasteiger partial charge is 0.302 e. The van der Waals surface area contributed by atoms with Gasteiger partial charge in [-0.25, -0.2) is 35.7 Å². The molecule has 0 saturated carbocycles. The molecule has 1 aromatic heterocycles. The molecule has 0 spiro atoms. The van der Waals surface area contributed by atoms with Gasteiger partial charge in [-0.15, -0.1) is 0 Å². The Balaban J connectivity index is 1.42. The van der Waals surface area contributed by atoms with Crippen LogP contribution in [0.4, 0.5) is 13.9 Å². The van der Waals surface area contributed by atoms with Gasteiger partial charge in [-0.3, -0.25) is 4.79 Å². The fraction of sp³-hybridized carbons (Fsp3) is 0.263. The van der Waals surface area contributed by atoms with E-state index in [1.165, 1.54) is 18.2 Å². The van der Waals surface area contributed by atoms with E-state index in [9.17, 15) is 30.4 Å². The molecule has 3 aromatic rings. The Hall–Kier alpha value is -2.52. The molecule has 0 atom stereocenters. The molecule has 2 heterocycles. The number of carbonyl (C=O) groups is 1. The van der Waals surface area contributed by atoms with Crippen molar-refractivity contribution < 1.29 is 30.4 Å². The maximum Gasteiger partial charge on any atom is 0.243 e. The van der Waals surface area contributed by atoms with Crippen molar-refractivity contribution in [2.75, 3.05) is 18.4 Å². The molecule has 4 rings (SSSR count). The minimum Gasteiger partial charge on any atom is -0.302 e. The molecular weight excluding hydrogens is 498 g/mol. The summed E-state index contributed by atoms with van der Waals surface area (Å²) >= 11 is 1.09. The Morgan fingerprint density at radius 2 is 1.70 bits per heavy atom. The minimum absolute atomic E-state index is 0.0387. The van der Waals surface area contributed by atoms with Gasteiger partial charge in [0, 0.05) is 19.0 Å². The van der Waals surface area contributed by atoms with Crippen LogP contribution in [0.1, 0.15) is 12.8 Å². The Morgan fingerprint density at radius 3 is 2.33 bits per heavy atom. The van der Waals surface area contributed by atoms with Crippen LogP contribution >= 0.6 is 11.3 Å². The number of amides is 1. The number of halogens is 2. The van der Waals surface area contributed by atoms with E-state index in [0.29, 0.717) is 16.3 Å². The lowest BCUT2D eigenvalue weighted by Gasteiger charge is -2.30. The molecule has 1 saturated heterocycles. The zero-order valence-corrected chi connectivity index (χ0v) is 19.3. The van der Waals surface area contributed by atoms with E-state index in [2.05, 4.69) is 10.3 Å². The highest BCUT2D eigenvalue weighted by Crippen LogP contribution is 2.30. The van der Waals surface area contributed by atoms with Gasteiger partial charge < -0.3 is 5.32 Å². The van der Waals surface area contributed by atoms with Crippen molar-refractivity contribution in [3.05, 3.63) is 48.0 Å². The van der Waals surface area contributed by atoms with Crippen LogP contribution in [-0.4, -0.2) is 45.1 Å². The second-order valence-electron chi connectivity index (χ2n) is 7.44. The Morgan fingerprint density at radius 1 is 1.03 bits per heavy atom. The summed E-state index contributed by atoms with van der Waals surface area (Å²) in [5.74, 6) is -3.21. The number of primary sulfonamides is 1. The number of hydrogen-bond acceptors (Lipinski definition) is 7. The molecular formula is C19H18F2N4O5S3. The molecule has 1 amide bonds. The van der Waals surface area contributed by atoms with Gasteiger partial charge in [0.15, 0.2) is 16.8 Å². The summed E-state index contributed by atoms with van der Waals surface area (Å²) in [6.45, 7) is 0.0773. The molecule has 9 nitrogen and oxygen atoms in total. The van der Waals surface area contributed by atoms with Crippen molar-refractivity contribution in [3.63, 3.8) is 0 Å². The van der Waals surface area contributed by atoms with E-state index < -0.39 is 37.6 Å². The number of benzene rings is 2. The van der Waals surface area contributed by atoms with Crippen molar-refractivity contribution in [1.29, 1.82) is 0 Å². The molecule has 14 heteroatoms. The number of nitrogens with one attached hydrogen (secondary N) is 1. The third-order valence-electron chi connectivity index (χ3n) is 5.27. The van der Waals surface area contributed by atoms with Crippen molar-refractivity contribution in [2.24, 2.45) is 11.1 Å². The smallest absolute Gasteiger partial charge is 0.243 e. The van der Waals surface area contributed by atoms with Crippen molar-refractivity contribution in [1.82, 2.24) is 9.29 Å². The number of thiazole rings is 1. The molecule has 0 bridgehead atoms. The lowest BCUT2D eigenvalue weighted by molar-refractivity contribution is -0.120. The number of hydrogen-bond donors (Lipinski definition) is 2. The molecule has 1 fully saturated rings. The van der Waals surface area contributed by atoms with Gasteiger partial charge in [0.2, 0.25) is 26.0 Å². The number of rotatable bonds is 5. The van der Waals surface area contributed by atoms with Gasteiger partial charge in [0.25, 0.3) is 0 Å². The topological polar surface area (TPSA) is 140 Å². The first-order chi connectivity index (χ1) is 15.4. The second-order valence-corrected chi connectivity index (χ2v) is 12.0. The minimum atomic E-state index is -4.02. The summed E-state index contributed by atoms with van der Waals surface area (Å²) in [6.07, 6.45) is 0.463. The second kappa shape index (κ2) is 8.68. The van der Waals surface area contributed by atoms with E-state index >= 15 is 0 Å². The van der Waals surface area contributed by atoms with Crippen LogP contribution in [0, 0.1) is 17.6 Å². The van der Waals surface area contributed by atoms with E-state index in [4.69, 9.17) is 5.14 Å². The maximum atomic E-state index is 13.5. The van der Waals surface area contributed by atoms with Crippen LogP contribution in [0.15, 0.2) is 46.2 Å². The predicted octanol–water partition coefficient (Wildman–Crippen LogP) is 2.26. The normalized spacial score (nSPS) is 16.2. The third-order valence-corrected chi connectivity index (χ3v) is 9.01. The lowest BCUT2D eigenvalue weighted by Crippen LogP contribution is -2.41. The fourth-order valence-corrected chi connectivity index (χ4v) is 6.49. The van der Waals surface area contributed by atoms with Gasteiger partial charge in [-0.05, 0) is 49.2 Å². The van der Waals surface area contributed by atoms with Crippen LogP contribution in [0.5, 0.6) is 0 Å². The van der Waals surface area contributed by atoms with Crippen LogP contribution < -0.4 is 10.5 Å². The van der Waals surface area contributed by atoms with Gasteiger partial charge in [0.05, 0.1) is 20.0 Å². The van der Waals surface area contributed by atoms with Crippen LogP contribution in [0.25, 0.3) is 10.2 Å². The number of carbonyl (C=O) groups excluding carboxylic acids is 1. The van der Waals surface area contributed by atoms with Crippen LogP contribution in [0.3, 0.4) is 0 Å². The number of anilines is 1. The SMILES string of the molecule is NS(=O)(=O)c1ccc2nc(NC(=O)C3CCN(S(=O)(=O)c4ccc(F)c(F)c4)CC3)sc2c1. The Bertz CT molecular complexity index is 1450. The van der Waals surface area contributed by atoms with Crippen LogP contribution in [-0.2, 0) is 24.8 Å². The Kier molecular flexibility index (Phi) is 6.22. The number of sulfonamides is 2. The molecule has 176 valence electrons. The molecule has 1 aliphatic rings. The maximum absolute atomic E-state index is 13.5. The van der Waals surface area contributed by atoms with Crippen molar-refractivity contribution in [2.45, 2.75) is 22.6 Å². The van der Waals surface area contributed by atoms with Gasteiger partial charge >= 0.3 is 0 Å². The number of nitrogens with zero attached hydrogens (tertiary/aromatic N) is 2. The fourth-order valence-electron chi connectivity index (χ4n) is 3.49. The highest BCUT2D eigenvalue weighted by atomic mass is 32.2. The summed E-state index contributed by atoms with van der Waals surface area (Å²) in [5.41, 5.74) is 0.496. The number of fused-ring (bicyclic) bond motifs is 1. The zero-order chi connectivity index (χ0) is 24.0. The molecule has 33 heavy (non-hydrogen) atoms. The first-order valence-electron chi connectivity index (χ1n) is 9.64.